The molecule has 0 aliphatic carbocycles. The van der Waals surface area contributed by atoms with E-state index in [4.69, 9.17) is 9.47 Å². The summed E-state index contributed by atoms with van der Waals surface area (Å²) in [7, 11) is 0. The Morgan fingerprint density at radius 1 is 1.24 bits per heavy atom. The van der Waals surface area contributed by atoms with Crippen molar-refractivity contribution in [2.24, 2.45) is 0 Å². The predicted octanol–water partition coefficient (Wildman–Crippen LogP) is 1.77. The van der Waals surface area contributed by atoms with E-state index in [2.05, 4.69) is 17.9 Å². The topological polar surface area (TPSA) is 21.7 Å². The third-order valence-electron chi connectivity index (χ3n) is 3.01. The van der Waals surface area contributed by atoms with Gasteiger partial charge in [0.05, 0.1) is 13.2 Å². The van der Waals surface area contributed by atoms with E-state index in [0.29, 0.717) is 0 Å². The third kappa shape index (κ3) is 3.72. The molecule has 1 aromatic rings. The monoisotopic (exact) mass is 234 g/mol. The van der Waals surface area contributed by atoms with Gasteiger partial charge in [-0.05, 0) is 25.0 Å². The van der Waals surface area contributed by atoms with Crippen LogP contribution >= 0.6 is 0 Å². The van der Waals surface area contributed by atoms with Gasteiger partial charge < -0.3 is 9.47 Å². The molecule has 0 aromatic heterocycles. The van der Waals surface area contributed by atoms with Gasteiger partial charge in [0.1, 0.15) is 12.4 Å². The molecule has 1 aliphatic heterocycles. The first-order valence-electron chi connectivity index (χ1n) is 6.20. The van der Waals surface area contributed by atoms with Crippen LogP contribution in [0.2, 0.25) is 0 Å². The van der Waals surface area contributed by atoms with E-state index in [0.717, 1.165) is 51.6 Å². The lowest BCUT2D eigenvalue weighted by atomic mass is 10.1. The molecule has 93 valence electrons. The van der Waals surface area contributed by atoms with E-state index in [9.17, 15) is 0 Å². The molecule has 0 spiro atoms. The molecule has 1 heterocycles. The van der Waals surface area contributed by atoms with E-state index in [1.165, 1.54) is 5.56 Å². The molecule has 0 N–H and O–H groups in total. The molecule has 17 heavy (non-hydrogen) atoms. The van der Waals surface area contributed by atoms with Gasteiger partial charge in [0, 0.05) is 19.6 Å². The van der Waals surface area contributed by atoms with Crippen LogP contribution in [0.5, 0.6) is 5.75 Å². The number of nitrogens with zero attached hydrogens (tertiary/aromatic N) is 1. The number of benzene rings is 1. The molecule has 1 aliphatic rings. The zero-order valence-corrected chi connectivity index (χ0v) is 10.2. The second-order valence-corrected chi connectivity index (χ2v) is 4.16. The van der Waals surface area contributed by atoms with E-state index < -0.39 is 0 Å². The molecule has 3 nitrogen and oxygen atoms in total. The van der Waals surface area contributed by atoms with Crippen LogP contribution in [-0.4, -0.2) is 44.4 Å². The Morgan fingerprint density at radius 2 is 2.00 bits per heavy atom. The highest BCUT2D eigenvalue weighted by molar-refractivity contribution is 5.33. The van der Waals surface area contributed by atoms with Gasteiger partial charge in [0.15, 0.2) is 0 Å². The molecule has 1 aromatic carbocycles. The van der Waals surface area contributed by atoms with Crippen molar-refractivity contribution in [1.82, 2.24) is 4.90 Å². The normalized spacial score (nSPS) is 17.0. The first kappa shape index (κ1) is 12.4. The van der Waals surface area contributed by atoms with Crippen molar-refractivity contribution in [3.8, 4) is 5.75 Å². The second kappa shape index (κ2) is 6.62. The molecule has 0 unspecified atom stereocenters. The Labute approximate surface area is 103 Å². The molecular formula is C14H20NO2. The largest absolute Gasteiger partial charge is 0.492 e. The van der Waals surface area contributed by atoms with Crippen molar-refractivity contribution in [1.29, 1.82) is 0 Å². The Bertz CT molecular complexity index is 335. The van der Waals surface area contributed by atoms with Crippen molar-refractivity contribution in [2.75, 3.05) is 39.5 Å². The van der Waals surface area contributed by atoms with Crippen molar-refractivity contribution in [2.45, 2.75) is 6.42 Å². The van der Waals surface area contributed by atoms with Crippen LogP contribution in [-0.2, 0) is 11.2 Å². The van der Waals surface area contributed by atoms with Crippen LogP contribution in [0.25, 0.3) is 0 Å². The number of para-hydroxylation sites is 1. The minimum Gasteiger partial charge on any atom is -0.492 e. The quantitative estimate of drug-likeness (QED) is 0.775. The highest BCUT2D eigenvalue weighted by Gasteiger charge is 2.10. The number of morpholine rings is 1. The first-order valence-corrected chi connectivity index (χ1v) is 6.20. The summed E-state index contributed by atoms with van der Waals surface area (Å²) in [6, 6.07) is 8.11. The summed E-state index contributed by atoms with van der Waals surface area (Å²) in [5.74, 6) is 0.968. The van der Waals surface area contributed by atoms with Gasteiger partial charge in [-0.15, -0.1) is 0 Å². The van der Waals surface area contributed by atoms with Gasteiger partial charge in [-0.25, -0.2) is 0 Å². The molecule has 0 amide bonds. The van der Waals surface area contributed by atoms with Gasteiger partial charge >= 0.3 is 0 Å². The predicted molar refractivity (Wildman–Crippen MR) is 68.3 cm³/mol. The van der Waals surface area contributed by atoms with Crippen LogP contribution in [0.4, 0.5) is 0 Å². The van der Waals surface area contributed by atoms with E-state index in [1.807, 2.05) is 18.2 Å². The molecular weight excluding hydrogens is 214 g/mol. The number of rotatable bonds is 5. The maximum atomic E-state index is 5.81. The summed E-state index contributed by atoms with van der Waals surface area (Å²) >= 11 is 0. The lowest BCUT2D eigenvalue weighted by molar-refractivity contribution is 0.0322. The maximum Gasteiger partial charge on any atom is 0.122 e. The Balaban J connectivity index is 1.77. The van der Waals surface area contributed by atoms with E-state index in [-0.39, 0.29) is 0 Å². The smallest absolute Gasteiger partial charge is 0.122 e. The van der Waals surface area contributed by atoms with Crippen molar-refractivity contribution >= 4 is 0 Å². The summed E-state index contributed by atoms with van der Waals surface area (Å²) in [4.78, 5) is 2.37. The fraction of sp³-hybridized carbons (Fsp3) is 0.500. The van der Waals surface area contributed by atoms with E-state index >= 15 is 0 Å². The van der Waals surface area contributed by atoms with Crippen LogP contribution in [0.1, 0.15) is 5.56 Å². The van der Waals surface area contributed by atoms with Crippen molar-refractivity contribution in [3.63, 3.8) is 0 Å². The fourth-order valence-electron chi connectivity index (χ4n) is 1.96. The molecule has 0 bridgehead atoms. The molecule has 1 fully saturated rings. The number of hydrogen-bond acceptors (Lipinski definition) is 3. The zero-order valence-electron chi connectivity index (χ0n) is 10.2. The summed E-state index contributed by atoms with van der Waals surface area (Å²) < 4.78 is 11.1. The first-order chi connectivity index (χ1) is 8.40. The van der Waals surface area contributed by atoms with Gasteiger partial charge in [-0.3, -0.25) is 4.90 Å². The van der Waals surface area contributed by atoms with E-state index in [1.54, 1.807) is 0 Å². The van der Waals surface area contributed by atoms with Gasteiger partial charge in [-0.2, -0.15) is 0 Å². The highest BCUT2D eigenvalue weighted by atomic mass is 16.5. The average Bonchev–Trinajstić information content (AvgIpc) is 2.40. The highest BCUT2D eigenvalue weighted by Crippen LogP contribution is 2.17. The second-order valence-electron chi connectivity index (χ2n) is 4.16. The third-order valence-corrected chi connectivity index (χ3v) is 3.01. The van der Waals surface area contributed by atoms with Crippen molar-refractivity contribution in [3.05, 3.63) is 36.8 Å². The Morgan fingerprint density at radius 3 is 2.76 bits per heavy atom. The van der Waals surface area contributed by atoms with Crippen LogP contribution < -0.4 is 4.74 Å². The standard InChI is InChI=1S/C14H20NO2/c1-2-13-5-3-4-6-14(13)17-12-9-15-7-10-16-11-8-15/h3-6H,1-2,7-12H2. The van der Waals surface area contributed by atoms with Gasteiger partial charge in [0.2, 0.25) is 0 Å². The van der Waals surface area contributed by atoms with Crippen LogP contribution in [0.15, 0.2) is 24.3 Å². The molecule has 1 radical (unpaired) electrons. The molecule has 3 heteroatoms. The van der Waals surface area contributed by atoms with Gasteiger partial charge in [0.25, 0.3) is 0 Å². The summed E-state index contributed by atoms with van der Waals surface area (Å²) in [5.41, 5.74) is 1.18. The minimum atomic E-state index is 0.733. The number of hydrogen-bond donors (Lipinski definition) is 0. The summed E-state index contributed by atoms with van der Waals surface area (Å²) in [6.45, 7) is 9.32. The molecule has 2 rings (SSSR count). The average molecular weight is 234 g/mol. The van der Waals surface area contributed by atoms with Crippen LogP contribution in [0.3, 0.4) is 0 Å². The maximum absolute atomic E-state index is 5.81. The Hall–Kier alpha value is -1.06. The fourth-order valence-corrected chi connectivity index (χ4v) is 1.96. The SMILES string of the molecule is [CH2]Cc1ccccc1OCCN1CCOCC1. The van der Waals surface area contributed by atoms with Crippen LogP contribution in [0, 0.1) is 6.92 Å². The number of ether oxygens (including phenoxy) is 2. The molecule has 0 atom stereocenters. The lowest BCUT2D eigenvalue weighted by Gasteiger charge is -2.26. The lowest BCUT2D eigenvalue weighted by Crippen LogP contribution is -2.38. The summed E-state index contributed by atoms with van der Waals surface area (Å²) in [5, 5.41) is 0. The zero-order chi connectivity index (χ0) is 11.9. The molecule has 0 saturated carbocycles. The Kier molecular flexibility index (Phi) is 4.83. The van der Waals surface area contributed by atoms with Gasteiger partial charge in [-0.1, -0.05) is 18.2 Å². The molecule has 1 saturated heterocycles. The summed E-state index contributed by atoms with van der Waals surface area (Å²) in [6.07, 6.45) is 0.772. The van der Waals surface area contributed by atoms with Crippen molar-refractivity contribution < 1.29 is 9.47 Å². The minimum absolute atomic E-state index is 0.733.